The van der Waals surface area contributed by atoms with Crippen molar-refractivity contribution in [1.29, 1.82) is 0 Å². The molecule has 0 aromatic carbocycles. The topological polar surface area (TPSA) is 289 Å². The van der Waals surface area contributed by atoms with Crippen molar-refractivity contribution >= 4 is 76.1 Å². The van der Waals surface area contributed by atoms with Gasteiger partial charge in [0.15, 0.2) is 29.0 Å². The molecule has 13 rings (SSSR count). The Bertz CT molecular complexity index is 3490. The Hall–Kier alpha value is -6.94. The molecule has 0 bridgehead atoms. The molecule has 7 atom stereocenters. The lowest BCUT2D eigenvalue weighted by atomic mass is 9.73. The molecule has 8 aliphatic heterocycles. The second kappa shape index (κ2) is 27.9. The molecule has 8 aliphatic rings. The van der Waals surface area contributed by atoms with Crippen LogP contribution in [-0.2, 0) is 35.0 Å². The SMILES string of the molecule is COCCNC(=O)c1ccc2c(n1)[C@@H](C)CCN2C1=NCc2nc(N3CCC4(CC3)CO[C@@H](C)[C@H]4N)cnc21.COCCNC(=O)c1ccc2c(n1)[C@@H](C)CCN2c1nn(C2CCCCO2)c2nc(N3CCC4(CC3)CO[C@@H](C)[C@H]4NC(=O)OC(C)(C)C)cnc12.Cl. The van der Waals surface area contributed by atoms with Gasteiger partial charge in [-0.3, -0.25) is 14.6 Å². The summed E-state index contributed by atoms with van der Waals surface area (Å²) in [6.45, 7) is 23.1. The zero-order valence-electron chi connectivity index (χ0n) is 54.7. The Morgan fingerprint density at radius 3 is 1.86 bits per heavy atom. The number of carbonyl (C=O) groups excluding carboxylic acids is 3. The Balaban J connectivity index is 0.000000194. The van der Waals surface area contributed by atoms with Crippen LogP contribution in [0.25, 0.3) is 11.2 Å². The number of piperidine rings is 2. The molecule has 0 saturated carbocycles. The van der Waals surface area contributed by atoms with E-state index in [9.17, 15) is 14.4 Å². The van der Waals surface area contributed by atoms with Crippen LogP contribution in [0.1, 0.15) is 168 Å². The number of halogens is 1. The quantitative estimate of drug-likeness (QED) is 0.0854. The first kappa shape index (κ1) is 66.5. The first-order valence-electron chi connectivity index (χ1n) is 32.7. The van der Waals surface area contributed by atoms with Crippen molar-refractivity contribution < 1.29 is 42.8 Å². The molecular weight excluding hydrogens is 1200 g/mol. The highest BCUT2D eigenvalue weighted by Crippen LogP contribution is 2.46. The number of nitrogens with zero attached hydrogens (tertiary/aromatic N) is 13. The third-order valence-electron chi connectivity index (χ3n) is 19.7. The lowest BCUT2D eigenvalue weighted by molar-refractivity contribution is -0.0368. The number of ether oxygens (including phenoxy) is 6. The van der Waals surface area contributed by atoms with Crippen molar-refractivity contribution in [2.24, 2.45) is 21.6 Å². The molecule has 1 unspecified atom stereocenters. The van der Waals surface area contributed by atoms with Crippen LogP contribution < -0.4 is 41.3 Å². The number of aliphatic imine (C=N–C) groups is 1. The van der Waals surface area contributed by atoms with E-state index in [2.05, 4.69) is 56.3 Å². The summed E-state index contributed by atoms with van der Waals surface area (Å²) >= 11 is 0. The number of amides is 3. The molecule has 2 spiro atoms. The van der Waals surface area contributed by atoms with E-state index in [1.807, 2.05) is 56.9 Å². The van der Waals surface area contributed by atoms with Crippen molar-refractivity contribution in [2.75, 3.05) is 119 Å². The van der Waals surface area contributed by atoms with Crippen LogP contribution in [0.4, 0.5) is 33.6 Å². The average molecular weight is 1290 g/mol. The van der Waals surface area contributed by atoms with Crippen molar-refractivity contribution in [1.82, 2.24) is 55.6 Å². The van der Waals surface area contributed by atoms with Crippen LogP contribution in [0.15, 0.2) is 41.7 Å². The number of fused-ring (bicyclic) bond motifs is 4. The van der Waals surface area contributed by atoms with E-state index in [0.717, 1.165) is 155 Å². The number of alkyl carbamates (subject to hydrolysis) is 1. The van der Waals surface area contributed by atoms with E-state index < -0.39 is 11.7 Å². The van der Waals surface area contributed by atoms with Crippen LogP contribution in [0.2, 0.25) is 0 Å². The van der Waals surface area contributed by atoms with Gasteiger partial charge in [0.25, 0.3) is 11.8 Å². The molecule has 13 heterocycles. The van der Waals surface area contributed by atoms with Crippen LogP contribution in [-0.4, -0.2) is 193 Å². The maximum atomic E-state index is 12.8. The fraction of sp³-hybridized carbons (Fsp3) is 0.646. The van der Waals surface area contributed by atoms with Gasteiger partial charge in [0.2, 0.25) is 0 Å². The summed E-state index contributed by atoms with van der Waals surface area (Å²) in [5.41, 5.74) is 13.4. The molecule has 5 aromatic rings. The molecule has 5 saturated heterocycles. The van der Waals surface area contributed by atoms with Crippen LogP contribution >= 0.6 is 12.4 Å². The van der Waals surface area contributed by atoms with Crippen molar-refractivity contribution in [3.63, 3.8) is 0 Å². The van der Waals surface area contributed by atoms with E-state index in [0.29, 0.717) is 74.4 Å². The summed E-state index contributed by atoms with van der Waals surface area (Å²) in [6, 6.07) is 7.44. The number of carbonyl (C=O) groups is 3. The number of anilines is 5. The van der Waals surface area contributed by atoms with Crippen LogP contribution in [0, 0.1) is 10.8 Å². The first-order valence-corrected chi connectivity index (χ1v) is 32.7. The smallest absolute Gasteiger partial charge is 0.407 e. The van der Waals surface area contributed by atoms with E-state index in [1.165, 1.54) is 0 Å². The minimum Gasteiger partial charge on any atom is -0.444 e. The van der Waals surface area contributed by atoms with E-state index in [4.69, 9.17) is 74.1 Å². The largest absolute Gasteiger partial charge is 0.444 e. The third kappa shape index (κ3) is 13.6. The van der Waals surface area contributed by atoms with Gasteiger partial charge in [-0.1, -0.05) is 13.8 Å². The van der Waals surface area contributed by atoms with Gasteiger partial charge in [-0.25, -0.2) is 39.4 Å². The number of rotatable bonds is 13. The zero-order valence-corrected chi connectivity index (χ0v) is 55.6. The molecule has 5 N–H and O–H groups in total. The van der Waals surface area contributed by atoms with Crippen LogP contribution in [0.5, 0.6) is 0 Å². The second-order valence-electron chi connectivity index (χ2n) is 26.9. The van der Waals surface area contributed by atoms with Crippen LogP contribution in [0.3, 0.4) is 0 Å². The van der Waals surface area contributed by atoms with E-state index in [-0.39, 0.29) is 77.4 Å². The molecule has 0 radical (unpaired) electrons. The van der Waals surface area contributed by atoms with Gasteiger partial charge >= 0.3 is 6.09 Å². The normalized spacial score (nSPS) is 24.7. The fourth-order valence-electron chi connectivity index (χ4n) is 14.3. The van der Waals surface area contributed by atoms with Gasteiger partial charge in [0, 0.05) is 102 Å². The standard InChI is InChI=1S/C37H53N9O6.C28H38N8O3.ClH/c1-23-12-16-45(26-11-10-25(40-29(23)26)34(47)38-15-20-49-6)33-30-32(46(43-33)28-9-7-8-19-50-28)41-27(21-39-30)44-17-13-37(14-18-44)22-51-24(2)31(37)42-35(48)52-36(3,4)5;1-17-6-10-36(21-5-4-19(34-23(17)21)27(37)30-9-13-38-3)26-24-20(14-32-26)33-22(15-31-24)35-11-7-28(8-12-35)16-39-18(2)25(28)29;/h10-11,21,23-24,28,31H,7-9,12-20,22H2,1-6H3,(H,38,47)(H,42,48);4-5,15,17-18,25H,6-14,16,29H2,1-3H3,(H,30,37);1H/t23-,24-,28?,31+;17-,18-,25+;/m00./s1. The summed E-state index contributed by atoms with van der Waals surface area (Å²) < 4.78 is 35.9. The molecule has 3 amide bonds. The minimum absolute atomic E-state index is 0. The predicted molar refractivity (Wildman–Crippen MR) is 351 cm³/mol. The molecule has 498 valence electrons. The fourth-order valence-corrected chi connectivity index (χ4v) is 14.3. The van der Waals surface area contributed by atoms with Gasteiger partial charge in [-0.05, 0) is 117 Å². The lowest BCUT2D eigenvalue weighted by Gasteiger charge is -2.42. The predicted octanol–water partition coefficient (Wildman–Crippen LogP) is 7.12. The van der Waals surface area contributed by atoms with Crippen molar-refractivity contribution in [2.45, 2.75) is 161 Å². The van der Waals surface area contributed by atoms with E-state index in [1.54, 1.807) is 26.4 Å². The summed E-state index contributed by atoms with van der Waals surface area (Å²) in [4.78, 5) is 81.7. The molecule has 5 aromatic heterocycles. The minimum atomic E-state index is -0.575. The number of nitrogens with two attached hydrogens (primary N) is 1. The lowest BCUT2D eigenvalue weighted by Crippen LogP contribution is -2.55. The molecule has 26 nitrogen and oxygen atoms in total. The average Bonchev–Trinajstić information content (AvgIpc) is 1.54. The Morgan fingerprint density at radius 2 is 1.27 bits per heavy atom. The molecule has 0 aliphatic carbocycles. The molecule has 5 fully saturated rings. The van der Waals surface area contributed by atoms with Crippen molar-refractivity contribution in [3.8, 4) is 0 Å². The van der Waals surface area contributed by atoms with Gasteiger partial charge in [0.1, 0.15) is 34.3 Å². The number of methoxy groups -OCH3 is 2. The molecule has 92 heavy (non-hydrogen) atoms. The third-order valence-corrected chi connectivity index (χ3v) is 19.7. The summed E-state index contributed by atoms with van der Waals surface area (Å²) in [5, 5.41) is 14.0. The Morgan fingerprint density at radius 1 is 0.696 bits per heavy atom. The zero-order chi connectivity index (χ0) is 63.8. The number of nitrogens with one attached hydrogen (secondary N) is 3. The Kier molecular flexibility index (Phi) is 20.2. The number of hydrogen-bond acceptors (Lipinski definition) is 22. The summed E-state index contributed by atoms with van der Waals surface area (Å²) in [6.07, 6.45) is 11.4. The van der Waals surface area contributed by atoms with Gasteiger partial charge in [-0.2, -0.15) is 0 Å². The molecular formula is C65H92ClN17O9. The first-order chi connectivity index (χ1) is 43.9. The highest BCUT2D eigenvalue weighted by atomic mass is 35.5. The van der Waals surface area contributed by atoms with Gasteiger partial charge in [0.05, 0.1) is 92.1 Å². The van der Waals surface area contributed by atoms with Gasteiger partial charge in [-0.15, -0.1) is 17.5 Å². The van der Waals surface area contributed by atoms with E-state index >= 15 is 0 Å². The number of hydrogen-bond donors (Lipinski definition) is 4. The number of amidine groups is 1. The maximum Gasteiger partial charge on any atom is 0.407 e. The maximum absolute atomic E-state index is 12.8. The van der Waals surface area contributed by atoms with Crippen molar-refractivity contribution in [3.05, 3.63) is 70.8 Å². The number of aromatic nitrogens is 8. The van der Waals surface area contributed by atoms with Gasteiger partial charge < -0.3 is 69.7 Å². The number of pyridine rings is 2. The molecule has 27 heteroatoms. The Labute approximate surface area is 544 Å². The monoisotopic (exact) mass is 1290 g/mol. The summed E-state index contributed by atoms with van der Waals surface area (Å²) in [5.74, 6) is 3.22. The highest BCUT2D eigenvalue weighted by molar-refractivity contribution is 6.11. The second-order valence-corrected chi connectivity index (χ2v) is 26.9. The highest BCUT2D eigenvalue weighted by Gasteiger charge is 2.51. The summed E-state index contributed by atoms with van der Waals surface area (Å²) in [7, 11) is 3.22.